The largest absolute Gasteiger partial charge is 0.306 e. The van der Waals surface area contributed by atoms with E-state index in [-0.39, 0.29) is 0 Å². The molecule has 0 aromatic carbocycles. The summed E-state index contributed by atoms with van der Waals surface area (Å²) in [6.07, 6.45) is 19.4. The van der Waals surface area contributed by atoms with E-state index < -0.39 is 0 Å². The lowest BCUT2D eigenvalue weighted by Gasteiger charge is -2.31. The molecule has 0 bridgehead atoms. The number of hydrogen-bond acceptors (Lipinski definition) is 1. The Morgan fingerprint density at radius 1 is 0.571 bits per heavy atom. The van der Waals surface area contributed by atoms with Crippen LogP contribution in [0.5, 0.6) is 0 Å². The second-order valence-corrected chi connectivity index (χ2v) is 8.14. The molecule has 1 nitrogen and oxygen atoms in total. The Hall–Kier alpha value is -0.0400. The molecule has 1 saturated carbocycles. The molecule has 2 rings (SSSR count). The van der Waals surface area contributed by atoms with Gasteiger partial charge in [0.05, 0.1) is 0 Å². The van der Waals surface area contributed by atoms with Crippen molar-refractivity contribution >= 4 is 0 Å². The standard InChI is InChI=1S/C20H39N/c1-18-10-4-3-5-12-19(13-7-6-11-18)20-14-8-9-16-21(2)17-15-20/h18-20H,3-17H2,1-2H3. The highest BCUT2D eigenvalue weighted by Crippen LogP contribution is 2.33. The summed E-state index contributed by atoms with van der Waals surface area (Å²) in [5.41, 5.74) is 0. The first-order valence-corrected chi connectivity index (χ1v) is 9.94. The zero-order valence-corrected chi connectivity index (χ0v) is 14.8. The maximum atomic E-state index is 2.57. The number of hydrogen-bond donors (Lipinski definition) is 0. The molecule has 0 aromatic heterocycles. The van der Waals surface area contributed by atoms with Gasteiger partial charge in [-0.25, -0.2) is 0 Å². The van der Waals surface area contributed by atoms with Crippen molar-refractivity contribution in [3.63, 3.8) is 0 Å². The van der Waals surface area contributed by atoms with Crippen LogP contribution in [0.25, 0.3) is 0 Å². The van der Waals surface area contributed by atoms with Crippen molar-refractivity contribution in [2.24, 2.45) is 17.8 Å². The molecule has 21 heavy (non-hydrogen) atoms. The van der Waals surface area contributed by atoms with Gasteiger partial charge in [-0.05, 0) is 50.7 Å². The lowest BCUT2D eigenvalue weighted by atomic mass is 9.78. The molecule has 3 atom stereocenters. The summed E-state index contributed by atoms with van der Waals surface area (Å²) in [7, 11) is 2.32. The summed E-state index contributed by atoms with van der Waals surface area (Å²) < 4.78 is 0. The Bertz CT molecular complexity index is 263. The fourth-order valence-corrected chi connectivity index (χ4v) is 4.64. The monoisotopic (exact) mass is 293 g/mol. The van der Waals surface area contributed by atoms with Gasteiger partial charge >= 0.3 is 0 Å². The van der Waals surface area contributed by atoms with Crippen LogP contribution in [0.4, 0.5) is 0 Å². The van der Waals surface area contributed by atoms with E-state index in [9.17, 15) is 0 Å². The van der Waals surface area contributed by atoms with Gasteiger partial charge < -0.3 is 4.90 Å². The maximum absolute atomic E-state index is 2.57. The molecule has 0 spiro atoms. The highest BCUT2D eigenvalue weighted by molar-refractivity contribution is 4.75. The molecule has 0 aromatic rings. The SMILES string of the molecule is CC1CCCCCC(C2CCCCN(C)CC2)CCCC1. The third-order valence-electron chi connectivity index (χ3n) is 6.21. The van der Waals surface area contributed by atoms with Crippen molar-refractivity contribution in [2.45, 2.75) is 90.4 Å². The lowest BCUT2D eigenvalue weighted by molar-refractivity contribution is 0.190. The third kappa shape index (κ3) is 6.72. The average Bonchev–Trinajstić information content (AvgIpc) is 2.50. The Morgan fingerprint density at radius 2 is 1.10 bits per heavy atom. The van der Waals surface area contributed by atoms with Gasteiger partial charge in [-0.2, -0.15) is 0 Å². The van der Waals surface area contributed by atoms with E-state index in [1.807, 2.05) is 0 Å². The van der Waals surface area contributed by atoms with Crippen LogP contribution in [-0.4, -0.2) is 25.0 Å². The molecule has 1 heterocycles. The topological polar surface area (TPSA) is 3.24 Å². The summed E-state index contributed by atoms with van der Waals surface area (Å²) in [5, 5.41) is 0. The molecule has 0 N–H and O–H groups in total. The Labute approximate surface area is 133 Å². The predicted octanol–water partition coefficient (Wildman–Crippen LogP) is 5.89. The molecule has 2 aliphatic rings. The molecular weight excluding hydrogens is 254 g/mol. The Kier molecular flexibility index (Phi) is 8.14. The van der Waals surface area contributed by atoms with Crippen molar-refractivity contribution in [1.82, 2.24) is 4.90 Å². The third-order valence-corrected chi connectivity index (χ3v) is 6.21. The minimum atomic E-state index is 0.983. The minimum absolute atomic E-state index is 0.983. The van der Waals surface area contributed by atoms with Gasteiger partial charge in [0.1, 0.15) is 0 Å². The second-order valence-electron chi connectivity index (χ2n) is 8.14. The van der Waals surface area contributed by atoms with Gasteiger partial charge in [-0.1, -0.05) is 77.6 Å². The van der Waals surface area contributed by atoms with Crippen molar-refractivity contribution in [3.05, 3.63) is 0 Å². The summed E-state index contributed by atoms with van der Waals surface area (Å²) >= 11 is 0. The normalized spacial score (nSPS) is 35.4. The number of nitrogens with zero attached hydrogens (tertiary/aromatic N) is 1. The van der Waals surface area contributed by atoms with E-state index >= 15 is 0 Å². The summed E-state index contributed by atoms with van der Waals surface area (Å²) in [6.45, 7) is 5.15. The molecule has 1 heteroatoms. The van der Waals surface area contributed by atoms with Crippen molar-refractivity contribution < 1.29 is 0 Å². The predicted molar refractivity (Wildman–Crippen MR) is 93.7 cm³/mol. The first-order valence-electron chi connectivity index (χ1n) is 9.94. The molecule has 1 saturated heterocycles. The molecule has 1 aliphatic carbocycles. The summed E-state index contributed by atoms with van der Waals surface area (Å²) in [5.74, 6) is 3.06. The molecule has 0 radical (unpaired) electrons. The van der Waals surface area contributed by atoms with E-state index in [1.54, 1.807) is 0 Å². The summed E-state index contributed by atoms with van der Waals surface area (Å²) in [4.78, 5) is 2.57. The van der Waals surface area contributed by atoms with Crippen LogP contribution in [0, 0.1) is 17.8 Å². The van der Waals surface area contributed by atoms with Crippen LogP contribution in [0.2, 0.25) is 0 Å². The number of likely N-dealkylation sites (tertiary alicyclic amines) is 1. The van der Waals surface area contributed by atoms with Gasteiger partial charge in [0.2, 0.25) is 0 Å². The maximum Gasteiger partial charge on any atom is -0.00190 e. The first-order chi connectivity index (χ1) is 10.3. The van der Waals surface area contributed by atoms with E-state index in [1.165, 1.54) is 96.6 Å². The van der Waals surface area contributed by atoms with Crippen molar-refractivity contribution in [1.29, 1.82) is 0 Å². The van der Waals surface area contributed by atoms with Gasteiger partial charge in [-0.3, -0.25) is 0 Å². The zero-order chi connectivity index (χ0) is 14.9. The molecule has 3 unspecified atom stereocenters. The molecular formula is C20H39N. The molecule has 0 amide bonds. The van der Waals surface area contributed by atoms with Gasteiger partial charge in [-0.15, -0.1) is 0 Å². The highest BCUT2D eigenvalue weighted by Gasteiger charge is 2.23. The van der Waals surface area contributed by atoms with E-state index in [0.717, 1.165) is 17.8 Å². The van der Waals surface area contributed by atoms with E-state index in [4.69, 9.17) is 0 Å². The van der Waals surface area contributed by atoms with Gasteiger partial charge in [0.25, 0.3) is 0 Å². The highest BCUT2D eigenvalue weighted by atomic mass is 15.1. The molecule has 1 aliphatic heterocycles. The lowest BCUT2D eigenvalue weighted by Crippen LogP contribution is -2.28. The molecule has 124 valence electrons. The number of rotatable bonds is 1. The zero-order valence-electron chi connectivity index (χ0n) is 14.8. The molecule has 2 fully saturated rings. The quantitative estimate of drug-likeness (QED) is 0.583. The smallest absolute Gasteiger partial charge is 0.00190 e. The first kappa shape index (κ1) is 17.3. The summed E-state index contributed by atoms with van der Waals surface area (Å²) in [6, 6.07) is 0. The average molecular weight is 294 g/mol. The van der Waals surface area contributed by atoms with Crippen molar-refractivity contribution in [3.8, 4) is 0 Å². The fraction of sp³-hybridized carbons (Fsp3) is 1.00. The minimum Gasteiger partial charge on any atom is -0.306 e. The Balaban J connectivity index is 1.84. The second kappa shape index (κ2) is 9.87. The van der Waals surface area contributed by atoms with Crippen LogP contribution in [0.1, 0.15) is 90.4 Å². The van der Waals surface area contributed by atoms with Crippen LogP contribution in [-0.2, 0) is 0 Å². The van der Waals surface area contributed by atoms with E-state index in [0.29, 0.717) is 0 Å². The van der Waals surface area contributed by atoms with Gasteiger partial charge in [0, 0.05) is 0 Å². The van der Waals surface area contributed by atoms with Gasteiger partial charge in [0.15, 0.2) is 0 Å². The van der Waals surface area contributed by atoms with Crippen LogP contribution >= 0.6 is 0 Å². The fourth-order valence-electron chi connectivity index (χ4n) is 4.64. The van der Waals surface area contributed by atoms with Crippen LogP contribution in [0.3, 0.4) is 0 Å². The van der Waals surface area contributed by atoms with E-state index in [2.05, 4.69) is 18.9 Å². The Morgan fingerprint density at radius 3 is 1.86 bits per heavy atom. The van der Waals surface area contributed by atoms with Crippen LogP contribution < -0.4 is 0 Å². The van der Waals surface area contributed by atoms with Crippen molar-refractivity contribution in [2.75, 3.05) is 20.1 Å². The van der Waals surface area contributed by atoms with Crippen LogP contribution in [0.15, 0.2) is 0 Å².